The lowest BCUT2D eigenvalue weighted by atomic mass is 9.68. The summed E-state index contributed by atoms with van der Waals surface area (Å²) in [5, 5.41) is 13.2. The van der Waals surface area contributed by atoms with Gasteiger partial charge in [0.2, 0.25) is 0 Å². The first-order chi connectivity index (χ1) is 9.75. The maximum Gasteiger partial charge on any atom is 0.339 e. The summed E-state index contributed by atoms with van der Waals surface area (Å²) in [6.07, 6.45) is 3.71. The maximum absolute atomic E-state index is 11.5. The summed E-state index contributed by atoms with van der Waals surface area (Å²) in [6.45, 7) is 6.92. The van der Waals surface area contributed by atoms with Gasteiger partial charge < -0.3 is 10.4 Å². The largest absolute Gasteiger partial charge is 0.478 e. The minimum Gasteiger partial charge on any atom is -0.478 e. The van der Waals surface area contributed by atoms with E-state index >= 15 is 0 Å². The lowest BCUT2D eigenvalue weighted by Gasteiger charge is -2.43. The molecule has 2 aliphatic carbocycles. The van der Waals surface area contributed by atoms with Crippen LogP contribution in [0.15, 0.2) is 18.2 Å². The van der Waals surface area contributed by atoms with Crippen LogP contribution in [0.25, 0.3) is 0 Å². The molecule has 21 heavy (non-hydrogen) atoms. The highest BCUT2D eigenvalue weighted by Gasteiger charge is 2.59. The van der Waals surface area contributed by atoms with Gasteiger partial charge in [-0.1, -0.05) is 38.4 Å². The number of nitrogens with one attached hydrogen (secondary N) is 1. The van der Waals surface area contributed by atoms with E-state index in [0.29, 0.717) is 16.6 Å². The summed E-state index contributed by atoms with van der Waals surface area (Å²) in [5.41, 5.74) is 1.24. The number of fused-ring (bicyclic) bond motifs is 2. The van der Waals surface area contributed by atoms with Crippen molar-refractivity contribution in [1.29, 1.82) is 0 Å². The number of hydrogen-bond donors (Lipinski definition) is 2. The van der Waals surface area contributed by atoms with Crippen molar-refractivity contribution in [3.05, 3.63) is 28.8 Å². The Morgan fingerprint density at radius 3 is 2.67 bits per heavy atom. The molecule has 114 valence electrons. The third-order valence-corrected chi connectivity index (χ3v) is 6.11. The van der Waals surface area contributed by atoms with Gasteiger partial charge in [0.25, 0.3) is 0 Å². The van der Waals surface area contributed by atoms with Gasteiger partial charge in [-0.25, -0.2) is 4.79 Å². The fourth-order valence-corrected chi connectivity index (χ4v) is 4.93. The number of carboxylic acid groups (broad SMARTS) is 1. The van der Waals surface area contributed by atoms with Crippen LogP contribution in [0.3, 0.4) is 0 Å². The highest BCUT2D eigenvalue weighted by molar-refractivity contribution is 6.34. The normalized spacial score (nSPS) is 33.1. The van der Waals surface area contributed by atoms with Crippen LogP contribution >= 0.6 is 11.6 Å². The summed E-state index contributed by atoms with van der Waals surface area (Å²) >= 11 is 6.07. The first-order valence-corrected chi connectivity index (χ1v) is 7.92. The molecule has 3 atom stereocenters. The summed E-state index contributed by atoms with van der Waals surface area (Å²) < 4.78 is 0. The molecule has 4 heteroatoms. The van der Waals surface area contributed by atoms with Crippen molar-refractivity contribution in [1.82, 2.24) is 0 Å². The zero-order valence-corrected chi connectivity index (χ0v) is 13.5. The fourth-order valence-electron chi connectivity index (χ4n) is 4.68. The van der Waals surface area contributed by atoms with Gasteiger partial charge in [0.1, 0.15) is 5.56 Å². The van der Waals surface area contributed by atoms with E-state index in [1.165, 1.54) is 19.3 Å². The number of carbonyl (C=O) groups is 1. The van der Waals surface area contributed by atoms with Crippen molar-refractivity contribution in [3.63, 3.8) is 0 Å². The van der Waals surface area contributed by atoms with E-state index in [2.05, 4.69) is 26.1 Å². The van der Waals surface area contributed by atoms with Crippen LogP contribution in [0.4, 0.5) is 5.69 Å². The summed E-state index contributed by atoms with van der Waals surface area (Å²) in [7, 11) is 0. The van der Waals surface area contributed by atoms with Crippen molar-refractivity contribution in [2.75, 3.05) is 5.32 Å². The summed E-state index contributed by atoms with van der Waals surface area (Å²) in [5.74, 6) is -0.262. The molecule has 0 spiro atoms. The van der Waals surface area contributed by atoms with Crippen LogP contribution in [0.5, 0.6) is 0 Å². The number of carboxylic acids is 1. The van der Waals surface area contributed by atoms with Gasteiger partial charge in [-0.15, -0.1) is 0 Å². The highest BCUT2D eigenvalue weighted by Crippen LogP contribution is 2.63. The van der Waals surface area contributed by atoms with Gasteiger partial charge in [0, 0.05) is 6.04 Å². The first-order valence-electron chi connectivity index (χ1n) is 7.54. The summed E-state index contributed by atoms with van der Waals surface area (Å²) in [6, 6.07) is 5.53. The molecule has 3 unspecified atom stereocenters. The van der Waals surface area contributed by atoms with Crippen molar-refractivity contribution in [2.45, 2.75) is 46.1 Å². The Labute approximate surface area is 130 Å². The second-order valence-electron chi connectivity index (χ2n) is 7.46. The third kappa shape index (κ3) is 2.13. The Morgan fingerprint density at radius 1 is 1.38 bits per heavy atom. The van der Waals surface area contributed by atoms with E-state index in [4.69, 9.17) is 11.6 Å². The second kappa shape index (κ2) is 4.64. The number of hydrogen-bond acceptors (Lipinski definition) is 2. The number of rotatable bonds is 3. The number of halogens is 1. The minimum atomic E-state index is -0.978. The Kier molecular flexibility index (Phi) is 3.25. The summed E-state index contributed by atoms with van der Waals surface area (Å²) in [4.78, 5) is 11.5. The van der Waals surface area contributed by atoms with Crippen LogP contribution < -0.4 is 5.32 Å². The molecule has 3 rings (SSSR count). The number of benzene rings is 1. The van der Waals surface area contributed by atoms with Gasteiger partial charge >= 0.3 is 5.97 Å². The number of anilines is 1. The van der Waals surface area contributed by atoms with Gasteiger partial charge in [-0.3, -0.25) is 0 Å². The molecule has 2 saturated carbocycles. The third-order valence-electron chi connectivity index (χ3n) is 5.80. The number of aromatic carboxylic acids is 1. The van der Waals surface area contributed by atoms with Gasteiger partial charge in [-0.05, 0) is 48.1 Å². The topological polar surface area (TPSA) is 49.3 Å². The van der Waals surface area contributed by atoms with Crippen molar-refractivity contribution >= 4 is 23.3 Å². The molecular weight excluding hydrogens is 286 g/mol. The fraction of sp³-hybridized carbons (Fsp3) is 0.588. The Bertz CT molecular complexity index is 594. The Morgan fingerprint density at radius 2 is 2.10 bits per heavy atom. The standard InChI is InChI=1S/C17H22ClNO2/c1-16(2)10-7-8-17(3,9-10)15(16)19-12-6-4-5-11(18)13(12)14(20)21/h4-6,10,15,19H,7-9H2,1-3H3,(H,20,21). The average molecular weight is 308 g/mol. The first kappa shape index (κ1) is 14.7. The molecule has 0 saturated heterocycles. The molecule has 2 fully saturated rings. The quantitative estimate of drug-likeness (QED) is 0.853. The van der Waals surface area contributed by atoms with E-state index in [-0.39, 0.29) is 22.4 Å². The van der Waals surface area contributed by atoms with E-state index in [0.717, 1.165) is 0 Å². The van der Waals surface area contributed by atoms with Crippen molar-refractivity contribution < 1.29 is 9.90 Å². The molecule has 1 aromatic carbocycles. The molecule has 3 nitrogen and oxygen atoms in total. The monoisotopic (exact) mass is 307 g/mol. The van der Waals surface area contributed by atoms with Crippen molar-refractivity contribution in [2.24, 2.45) is 16.7 Å². The van der Waals surface area contributed by atoms with Crippen LogP contribution in [-0.4, -0.2) is 17.1 Å². The van der Waals surface area contributed by atoms with Gasteiger partial charge in [0.15, 0.2) is 0 Å². The molecular formula is C17H22ClNO2. The van der Waals surface area contributed by atoms with Crippen LogP contribution in [0.1, 0.15) is 50.4 Å². The molecule has 0 heterocycles. The minimum absolute atomic E-state index is 0.172. The predicted molar refractivity (Wildman–Crippen MR) is 85.1 cm³/mol. The lowest BCUT2D eigenvalue weighted by molar-refractivity contribution is 0.0697. The van der Waals surface area contributed by atoms with E-state index in [1.54, 1.807) is 12.1 Å². The van der Waals surface area contributed by atoms with Crippen LogP contribution in [0.2, 0.25) is 5.02 Å². The van der Waals surface area contributed by atoms with E-state index in [9.17, 15) is 9.90 Å². The van der Waals surface area contributed by atoms with Crippen LogP contribution in [0, 0.1) is 16.7 Å². The molecule has 0 radical (unpaired) electrons. The SMILES string of the molecule is CC12CCC(C1)C(C)(C)C2Nc1cccc(Cl)c1C(=O)O. The Hall–Kier alpha value is -1.22. The van der Waals surface area contributed by atoms with E-state index in [1.807, 2.05) is 6.07 Å². The van der Waals surface area contributed by atoms with Crippen molar-refractivity contribution in [3.8, 4) is 0 Å². The molecule has 0 aromatic heterocycles. The predicted octanol–water partition coefficient (Wildman–Crippen LogP) is 4.66. The molecule has 0 aliphatic heterocycles. The molecule has 2 N–H and O–H groups in total. The van der Waals surface area contributed by atoms with Crippen LogP contribution in [-0.2, 0) is 0 Å². The zero-order valence-electron chi connectivity index (χ0n) is 12.7. The maximum atomic E-state index is 11.5. The van der Waals surface area contributed by atoms with E-state index < -0.39 is 5.97 Å². The van der Waals surface area contributed by atoms with Gasteiger partial charge in [-0.2, -0.15) is 0 Å². The van der Waals surface area contributed by atoms with Gasteiger partial charge in [0.05, 0.1) is 10.7 Å². The molecule has 2 aliphatic rings. The second-order valence-corrected chi connectivity index (χ2v) is 7.87. The average Bonchev–Trinajstić information content (AvgIpc) is 2.85. The Balaban J connectivity index is 1.98. The zero-order chi connectivity index (χ0) is 15.4. The lowest BCUT2D eigenvalue weighted by Crippen LogP contribution is -2.46. The smallest absolute Gasteiger partial charge is 0.339 e. The highest BCUT2D eigenvalue weighted by atomic mass is 35.5. The molecule has 0 amide bonds. The molecule has 1 aromatic rings. The molecule has 2 bridgehead atoms.